The standard InChI is InChI=1S/C12H10F3NOS.ClH/c13-12(14,15)7-3-4-9(17)8(6-7)11(16)10-2-1-5-18-10;/h1-6,11,17H,16H2;1H/t11-;/m0./s1. The fourth-order valence-electron chi connectivity index (χ4n) is 1.60. The van der Waals surface area contributed by atoms with Crippen molar-refractivity contribution in [1.82, 2.24) is 0 Å². The van der Waals surface area contributed by atoms with Crippen LogP contribution in [0.15, 0.2) is 35.7 Å². The third-order valence-electron chi connectivity index (χ3n) is 2.54. The molecule has 1 aromatic carbocycles. The summed E-state index contributed by atoms with van der Waals surface area (Å²) in [6.07, 6.45) is -4.45. The number of rotatable bonds is 2. The number of thiophene rings is 1. The van der Waals surface area contributed by atoms with Crippen LogP contribution < -0.4 is 5.73 Å². The molecule has 1 aromatic heterocycles. The van der Waals surface area contributed by atoms with Crippen LogP contribution in [0.3, 0.4) is 0 Å². The number of phenolic OH excluding ortho intramolecular Hbond substituents is 1. The fraction of sp³-hybridized carbons (Fsp3) is 0.167. The van der Waals surface area contributed by atoms with Gasteiger partial charge in [0.15, 0.2) is 0 Å². The Kier molecular flexibility index (Phi) is 4.84. The molecule has 2 aromatic rings. The van der Waals surface area contributed by atoms with Crippen LogP contribution in [-0.2, 0) is 6.18 Å². The number of nitrogens with two attached hydrogens (primary N) is 1. The van der Waals surface area contributed by atoms with Crippen molar-refractivity contribution in [2.45, 2.75) is 12.2 Å². The first-order chi connectivity index (χ1) is 8.39. The smallest absolute Gasteiger partial charge is 0.416 e. The van der Waals surface area contributed by atoms with Crippen molar-refractivity contribution in [3.63, 3.8) is 0 Å². The minimum Gasteiger partial charge on any atom is -0.508 e. The van der Waals surface area contributed by atoms with Crippen molar-refractivity contribution in [2.75, 3.05) is 0 Å². The molecule has 0 fully saturated rings. The van der Waals surface area contributed by atoms with Gasteiger partial charge in [0.2, 0.25) is 0 Å². The Labute approximate surface area is 118 Å². The summed E-state index contributed by atoms with van der Waals surface area (Å²) in [4.78, 5) is 0.699. The van der Waals surface area contributed by atoms with Crippen LogP contribution >= 0.6 is 23.7 Å². The summed E-state index contributed by atoms with van der Waals surface area (Å²) in [5.41, 5.74) is 5.12. The van der Waals surface area contributed by atoms with E-state index in [0.29, 0.717) is 4.88 Å². The summed E-state index contributed by atoms with van der Waals surface area (Å²) in [7, 11) is 0. The monoisotopic (exact) mass is 309 g/mol. The highest BCUT2D eigenvalue weighted by Crippen LogP contribution is 2.36. The molecular formula is C12H11ClF3NOS. The van der Waals surface area contributed by atoms with E-state index in [2.05, 4.69) is 0 Å². The Morgan fingerprint density at radius 1 is 1.21 bits per heavy atom. The lowest BCUT2D eigenvalue weighted by atomic mass is 10.0. The van der Waals surface area contributed by atoms with Gasteiger partial charge in [-0.05, 0) is 29.6 Å². The largest absolute Gasteiger partial charge is 0.508 e. The van der Waals surface area contributed by atoms with Gasteiger partial charge in [0.05, 0.1) is 11.6 Å². The molecule has 2 rings (SSSR count). The van der Waals surface area contributed by atoms with E-state index in [1.54, 1.807) is 17.5 Å². The van der Waals surface area contributed by atoms with Crippen LogP contribution in [0.2, 0.25) is 0 Å². The van der Waals surface area contributed by atoms with E-state index in [1.807, 2.05) is 0 Å². The van der Waals surface area contributed by atoms with Crippen molar-refractivity contribution in [3.8, 4) is 5.75 Å². The molecule has 0 bridgehead atoms. The molecule has 3 N–H and O–H groups in total. The summed E-state index contributed by atoms with van der Waals surface area (Å²) in [6.45, 7) is 0. The molecule has 1 atom stereocenters. The molecule has 0 aliphatic heterocycles. The van der Waals surface area contributed by atoms with Gasteiger partial charge in [-0.15, -0.1) is 23.7 Å². The van der Waals surface area contributed by atoms with Crippen molar-refractivity contribution >= 4 is 23.7 Å². The summed E-state index contributed by atoms with van der Waals surface area (Å²) < 4.78 is 37.8. The predicted octanol–water partition coefficient (Wildman–Crippen LogP) is 3.94. The summed E-state index contributed by atoms with van der Waals surface area (Å²) in [5.74, 6) is -0.232. The molecule has 104 valence electrons. The highest BCUT2D eigenvalue weighted by Gasteiger charge is 2.31. The molecular weight excluding hydrogens is 299 g/mol. The van der Waals surface area contributed by atoms with Crippen LogP contribution in [0, 0.1) is 0 Å². The van der Waals surface area contributed by atoms with Crippen molar-refractivity contribution in [2.24, 2.45) is 5.73 Å². The molecule has 19 heavy (non-hydrogen) atoms. The van der Waals surface area contributed by atoms with E-state index >= 15 is 0 Å². The lowest BCUT2D eigenvalue weighted by molar-refractivity contribution is -0.137. The van der Waals surface area contributed by atoms with Gasteiger partial charge in [0.1, 0.15) is 5.75 Å². The number of alkyl halides is 3. The molecule has 0 amide bonds. The highest BCUT2D eigenvalue weighted by atomic mass is 35.5. The molecule has 0 saturated carbocycles. The summed E-state index contributed by atoms with van der Waals surface area (Å²) in [5, 5.41) is 11.4. The second-order valence-electron chi connectivity index (χ2n) is 3.76. The maximum atomic E-state index is 12.6. The number of hydrogen-bond acceptors (Lipinski definition) is 3. The molecule has 0 radical (unpaired) electrons. The Hall–Kier alpha value is -1.24. The second-order valence-corrected chi connectivity index (χ2v) is 4.74. The Balaban J connectivity index is 0.00000180. The average Bonchev–Trinajstić information content (AvgIpc) is 2.80. The van der Waals surface area contributed by atoms with E-state index in [1.165, 1.54) is 11.3 Å². The topological polar surface area (TPSA) is 46.2 Å². The van der Waals surface area contributed by atoms with Gasteiger partial charge in [-0.3, -0.25) is 0 Å². The number of hydrogen-bond donors (Lipinski definition) is 2. The molecule has 7 heteroatoms. The maximum Gasteiger partial charge on any atom is 0.416 e. The quantitative estimate of drug-likeness (QED) is 0.882. The second kappa shape index (κ2) is 5.81. The molecule has 1 heterocycles. The van der Waals surface area contributed by atoms with Crippen molar-refractivity contribution in [3.05, 3.63) is 51.7 Å². The number of benzene rings is 1. The maximum absolute atomic E-state index is 12.6. The third kappa shape index (κ3) is 3.40. The number of phenols is 1. The molecule has 0 unspecified atom stereocenters. The SMILES string of the molecule is Cl.N[C@H](c1cccs1)c1cc(C(F)(F)F)ccc1O. The van der Waals surface area contributed by atoms with E-state index in [0.717, 1.165) is 18.2 Å². The predicted molar refractivity (Wildman–Crippen MR) is 70.7 cm³/mol. The van der Waals surface area contributed by atoms with Crippen molar-refractivity contribution in [1.29, 1.82) is 0 Å². The Bertz CT molecular complexity index is 542. The van der Waals surface area contributed by atoms with Crippen LogP contribution in [-0.4, -0.2) is 5.11 Å². The fourth-order valence-corrected chi connectivity index (χ4v) is 2.35. The molecule has 0 aliphatic rings. The molecule has 2 nitrogen and oxygen atoms in total. The Morgan fingerprint density at radius 2 is 1.89 bits per heavy atom. The van der Waals surface area contributed by atoms with Gasteiger partial charge in [0, 0.05) is 10.4 Å². The minimum atomic E-state index is -4.45. The van der Waals surface area contributed by atoms with Gasteiger partial charge >= 0.3 is 6.18 Å². The summed E-state index contributed by atoms with van der Waals surface area (Å²) in [6, 6.07) is 5.46. The van der Waals surface area contributed by atoms with Gasteiger partial charge in [0.25, 0.3) is 0 Å². The molecule has 0 aliphatic carbocycles. The van der Waals surface area contributed by atoms with Crippen LogP contribution in [0.1, 0.15) is 22.0 Å². The Morgan fingerprint density at radius 3 is 2.42 bits per heavy atom. The van der Waals surface area contributed by atoms with E-state index in [9.17, 15) is 18.3 Å². The zero-order chi connectivity index (χ0) is 13.3. The first-order valence-electron chi connectivity index (χ1n) is 5.08. The highest BCUT2D eigenvalue weighted by molar-refractivity contribution is 7.10. The first kappa shape index (κ1) is 15.8. The first-order valence-corrected chi connectivity index (χ1v) is 5.96. The van der Waals surface area contributed by atoms with Gasteiger partial charge < -0.3 is 10.8 Å². The van der Waals surface area contributed by atoms with Crippen LogP contribution in [0.5, 0.6) is 5.75 Å². The number of halogens is 4. The molecule has 0 spiro atoms. The lowest BCUT2D eigenvalue weighted by Crippen LogP contribution is -2.13. The zero-order valence-electron chi connectivity index (χ0n) is 9.52. The average molecular weight is 310 g/mol. The minimum absolute atomic E-state index is 0. The molecule has 0 saturated heterocycles. The van der Waals surface area contributed by atoms with Gasteiger partial charge in [-0.2, -0.15) is 13.2 Å². The van der Waals surface area contributed by atoms with E-state index < -0.39 is 17.8 Å². The zero-order valence-corrected chi connectivity index (χ0v) is 11.1. The van der Waals surface area contributed by atoms with E-state index in [4.69, 9.17) is 5.73 Å². The third-order valence-corrected chi connectivity index (χ3v) is 3.50. The summed E-state index contributed by atoms with van der Waals surface area (Å²) >= 11 is 1.33. The van der Waals surface area contributed by atoms with Gasteiger partial charge in [-0.25, -0.2) is 0 Å². The van der Waals surface area contributed by atoms with E-state index in [-0.39, 0.29) is 23.7 Å². The van der Waals surface area contributed by atoms with Crippen LogP contribution in [0.4, 0.5) is 13.2 Å². The normalized spacial score (nSPS) is 12.8. The number of aromatic hydroxyl groups is 1. The lowest BCUT2D eigenvalue weighted by Gasteiger charge is -2.15. The van der Waals surface area contributed by atoms with Crippen LogP contribution in [0.25, 0.3) is 0 Å². The van der Waals surface area contributed by atoms with Crippen molar-refractivity contribution < 1.29 is 18.3 Å². The van der Waals surface area contributed by atoms with Gasteiger partial charge in [-0.1, -0.05) is 6.07 Å².